The number of anilines is 1. The Balaban J connectivity index is 1.65. The second kappa shape index (κ2) is 8.31. The molecule has 0 aromatic heterocycles. The predicted octanol–water partition coefficient (Wildman–Crippen LogP) is 4.59. The van der Waals surface area contributed by atoms with Gasteiger partial charge in [0, 0.05) is 41.8 Å². The van der Waals surface area contributed by atoms with Gasteiger partial charge in [-0.25, -0.2) is 13.0 Å². The number of rotatable bonds is 0. The predicted molar refractivity (Wildman–Crippen MR) is 120 cm³/mol. The maximum absolute atomic E-state index is 14.8. The summed E-state index contributed by atoms with van der Waals surface area (Å²) in [5.74, 6) is -2.16. The molecule has 1 unspecified atom stereocenters. The zero-order valence-corrected chi connectivity index (χ0v) is 18.6. The monoisotopic (exact) mass is 490 g/mol. The largest absolute Gasteiger partial charge is 0.505 e. The summed E-state index contributed by atoms with van der Waals surface area (Å²) in [5.41, 5.74) is 0.335. The molecular weight excluding hydrogens is 474 g/mol. The van der Waals surface area contributed by atoms with Gasteiger partial charge < -0.3 is 14.7 Å². The normalized spacial score (nSPS) is 19.7. The summed E-state index contributed by atoms with van der Waals surface area (Å²) >= 11 is 6.07. The van der Waals surface area contributed by atoms with E-state index in [2.05, 4.69) is 4.72 Å². The summed E-state index contributed by atoms with van der Waals surface area (Å²) in [6.07, 6.45) is 0. The van der Waals surface area contributed by atoms with Crippen LogP contribution in [0.1, 0.15) is 10.4 Å². The number of nitrogens with one attached hydrogen (secondary N) is 1. The Kier molecular flexibility index (Phi) is 5.46. The number of fused-ring (bicyclic) bond motifs is 2. The van der Waals surface area contributed by atoms with Crippen LogP contribution < -0.4 is 9.46 Å². The Morgan fingerprint density at radius 3 is 2.64 bits per heavy atom. The fraction of sp³-hybridized carbons (Fsp3) is 0.174. The number of ether oxygens (including phenoxy) is 1. The van der Waals surface area contributed by atoms with E-state index >= 15 is 0 Å². The molecule has 1 fully saturated rings. The number of phenolic OH excluding ortho intramolecular Hbond substituents is 1. The van der Waals surface area contributed by atoms with E-state index < -0.39 is 28.4 Å². The zero-order valence-electron chi connectivity index (χ0n) is 17.0. The number of hydrogen-bond donors (Lipinski definition) is 2. The van der Waals surface area contributed by atoms with Crippen LogP contribution in [0.4, 0.5) is 14.5 Å². The highest BCUT2D eigenvalue weighted by atomic mass is 35.5. The number of carbonyl (C=O) groups is 1. The van der Waals surface area contributed by atoms with Crippen LogP contribution in [0.15, 0.2) is 53.4 Å². The number of halogens is 3. The van der Waals surface area contributed by atoms with Crippen LogP contribution in [0.25, 0.3) is 11.1 Å². The minimum atomic E-state index is -2.21. The van der Waals surface area contributed by atoms with Gasteiger partial charge in [0.25, 0.3) is 5.91 Å². The van der Waals surface area contributed by atoms with Crippen LogP contribution in [0.5, 0.6) is 11.5 Å². The van der Waals surface area contributed by atoms with E-state index in [4.69, 9.17) is 16.3 Å². The minimum Gasteiger partial charge on any atom is -0.505 e. The summed E-state index contributed by atoms with van der Waals surface area (Å²) < 4.78 is 50.7. The van der Waals surface area contributed by atoms with Crippen molar-refractivity contribution in [3.8, 4) is 22.6 Å². The van der Waals surface area contributed by atoms with Gasteiger partial charge in [-0.2, -0.15) is 0 Å². The molecule has 33 heavy (non-hydrogen) atoms. The average Bonchev–Trinajstić information content (AvgIpc) is 2.75. The quantitative estimate of drug-likeness (QED) is 0.483. The highest BCUT2D eigenvalue weighted by molar-refractivity contribution is 7.86. The fourth-order valence-electron chi connectivity index (χ4n) is 3.87. The molecule has 170 valence electrons. The highest BCUT2D eigenvalue weighted by Crippen LogP contribution is 2.37. The molecule has 1 saturated heterocycles. The summed E-state index contributed by atoms with van der Waals surface area (Å²) in [6, 6.07) is 11.2. The van der Waals surface area contributed by atoms with Crippen molar-refractivity contribution >= 4 is 34.2 Å². The van der Waals surface area contributed by atoms with Crippen LogP contribution in [0, 0.1) is 17.6 Å². The molecule has 0 saturated carbocycles. The van der Waals surface area contributed by atoms with Crippen molar-refractivity contribution in [2.75, 3.05) is 24.4 Å². The van der Waals surface area contributed by atoms with Crippen LogP contribution in [0.3, 0.4) is 0 Å². The number of para-hydroxylation sites is 1. The highest BCUT2D eigenvalue weighted by Gasteiger charge is 2.33. The van der Waals surface area contributed by atoms with Crippen molar-refractivity contribution in [1.82, 2.24) is 4.90 Å². The third kappa shape index (κ3) is 3.91. The summed E-state index contributed by atoms with van der Waals surface area (Å²) in [5, 5.41) is 10.2. The SMILES string of the molecule is O=C1c2cc(Cl)c(O)c(c2)S(=O)Nc2cc(c(F)cc2F)-c2ccccc2OCC2CN1C2. The second-order valence-electron chi connectivity index (χ2n) is 7.87. The molecule has 6 rings (SSSR count). The maximum atomic E-state index is 14.8. The van der Waals surface area contributed by atoms with Gasteiger partial charge in [-0.3, -0.25) is 9.52 Å². The van der Waals surface area contributed by atoms with E-state index in [9.17, 15) is 22.9 Å². The lowest BCUT2D eigenvalue weighted by Gasteiger charge is -2.39. The van der Waals surface area contributed by atoms with Crippen molar-refractivity contribution in [3.05, 3.63) is 70.8 Å². The number of hydrogen-bond acceptors (Lipinski definition) is 4. The van der Waals surface area contributed by atoms with Gasteiger partial charge in [-0.15, -0.1) is 0 Å². The molecule has 3 aliphatic rings. The van der Waals surface area contributed by atoms with Gasteiger partial charge in [0.05, 0.1) is 17.3 Å². The van der Waals surface area contributed by atoms with E-state index in [1.807, 2.05) is 0 Å². The fourth-order valence-corrected chi connectivity index (χ4v) is 5.13. The smallest absolute Gasteiger partial charge is 0.253 e. The molecule has 6 nitrogen and oxygen atoms in total. The number of amides is 1. The lowest BCUT2D eigenvalue weighted by molar-refractivity contribution is 0.0393. The maximum Gasteiger partial charge on any atom is 0.253 e. The van der Waals surface area contributed by atoms with Crippen LogP contribution in [-0.2, 0) is 11.0 Å². The number of carbonyl (C=O) groups excluding carboxylic acids is 1. The lowest BCUT2D eigenvalue weighted by Crippen LogP contribution is -2.52. The standard InChI is InChI=1S/C23H17ClF2N2O4S/c24-16-5-13-6-21(22(16)29)33(31)27-19-7-15(17(25)8-18(19)26)14-3-1-2-4-20(14)32-11-12-9-28(10-12)23(13)30/h1-8,12,27,29H,9-11H2. The lowest BCUT2D eigenvalue weighted by atomic mass is 9.99. The van der Waals surface area contributed by atoms with Crippen molar-refractivity contribution in [2.45, 2.75) is 4.90 Å². The summed E-state index contributed by atoms with van der Waals surface area (Å²) in [7, 11) is -2.21. The Bertz CT molecular complexity index is 1310. The third-order valence-corrected chi connectivity index (χ3v) is 7.03. The van der Waals surface area contributed by atoms with E-state index in [-0.39, 0.29) is 38.6 Å². The third-order valence-electron chi connectivity index (χ3n) is 5.63. The number of nitrogens with zero attached hydrogens (tertiary/aromatic N) is 1. The molecule has 1 amide bonds. The molecule has 3 aliphatic heterocycles. The Hall–Kier alpha value is -3.17. The molecule has 3 aromatic rings. The van der Waals surface area contributed by atoms with Gasteiger partial charge in [0.15, 0.2) is 16.7 Å². The van der Waals surface area contributed by atoms with Crippen molar-refractivity contribution < 1.29 is 27.6 Å². The first-order chi connectivity index (χ1) is 15.8. The van der Waals surface area contributed by atoms with Gasteiger partial charge in [-0.05, 0) is 24.3 Å². The van der Waals surface area contributed by atoms with Gasteiger partial charge in [0.2, 0.25) is 0 Å². The topological polar surface area (TPSA) is 78.9 Å². The van der Waals surface area contributed by atoms with E-state index in [1.54, 1.807) is 29.2 Å². The van der Waals surface area contributed by atoms with Crippen molar-refractivity contribution in [3.63, 3.8) is 0 Å². The minimum absolute atomic E-state index is 0.0556. The first-order valence-corrected chi connectivity index (χ1v) is 11.6. The first-order valence-electron chi connectivity index (χ1n) is 10.0. The Morgan fingerprint density at radius 2 is 1.85 bits per heavy atom. The van der Waals surface area contributed by atoms with E-state index in [1.165, 1.54) is 18.2 Å². The van der Waals surface area contributed by atoms with E-state index in [0.29, 0.717) is 37.1 Å². The van der Waals surface area contributed by atoms with Crippen molar-refractivity contribution in [2.24, 2.45) is 5.92 Å². The first kappa shape index (κ1) is 21.7. The zero-order chi connectivity index (χ0) is 23.3. The summed E-state index contributed by atoms with van der Waals surface area (Å²) in [6.45, 7) is 1.18. The Morgan fingerprint density at radius 1 is 1.09 bits per heavy atom. The molecule has 2 N–H and O–H groups in total. The molecule has 1 atom stereocenters. The summed E-state index contributed by atoms with van der Waals surface area (Å²) in [4.78, 5) is 14.3. The van der Waals surface area contributed by atoms with Crippen molar-refractivity contribution in [1.29, 1.82) is 0 Å². The number of aromatic hydroxyl groups is 1. The second-order valence-corrected chi connectivity index (χ2v) is 9.46. The van der Waals surface area contributed by atoms with E-state index in [0.717, 1.165) is 0 Å². The van der Waals surface area contributed by atoms with Crippen LogP contribution in [-0.4, -0.2) is 39.8 Å². The molecule has 3 aromatic carbocycles. The van der Waals surface area contributed by atoms with Gasteiger partial charge in [0.1, 0.15) is 22.3 Å². The van der Waals surface area contributed by atoms with Gasteiger partial charge >= 0.3 is 0 Å². The average molecular weight is 491 g/mol. The molecule has 6 bridgehead atoms. The van der Waals surface area contributed by atoms with Crippen LogP contribution >= 0.6 is 11.6 Å². The Labute approximate surface area is 195 Å². The van der Waals surface area contributed by atoms with Crippen LogP contribution in [0.2, 0.25) is 5.02 Å². The molecule has 0 spiro atoms. The number of benzene rings is 3. The number of phenols is 1. The van der Waals surface area contributed by atoms with Gasteiger partial charge in [-0.1, -0.05) is 29.8 Å². The molecule has 0 aliphatic carbocycles. The molecule has 0 radical (unpaired) electrons. The molecular formula is C23H17ClF2N2O4S. The molecule has 10 heteroatoms. The molecule has 3 heterocycles.